The van der Waals surface area contributed by atoms with Crippen molar-refractivity contribution in [2.75, 3.05) is 5.73 Å². The lowest BCUT2D eigenvalue weighted by atomic mass is 10.2. The van der Waals surface area contributed by atoms with Crippen molar-refractivity contribution in [3.05, 3.63) is 78.1 Å². The fourth-order valence-electron chi connectivity index (χ4n) is 2.87. The Bertz CT molecular complexity index is 1070. The Hall–Kier alpha value is -3.47. The second kappa shape index (κ2) is 7.03. The highest BCUT2D eigenvalue weighted by Crippen LogP contribution is 2.27. The average Bonchev–Trinajstić information content (AvgIpc) is 2.99. The number of imidazole rings is 1. The topological polar surface area (TPSA) is 62.3 Å². The second-order valence-corrected chi connectivity index (χ2v) is 6.51. The first-order valence-corrected chi connectivity index (χ1v) is 8.77. The van der Waals surface area contributed by atoms with Gasteiger partial charge in [-0.25, -0.2) is 4.98 Å². The maximum absolute atomic E-state index is 5.92. The van der Waals surface area contributed by atoms with Crippen molar-refractivity contribution in [2.24, 2.45) is 7.05 Å². The third-order valence-electron chi connectivity index (χ3n) is 4.45. The van der Waals surface area contributed by atoms with E-state index in [0.717, 1.165) is 34.1 Å². The largest absolute Gasteiger partial charge is 0.486 e. The summed E-state index contributed by atoms with van der Waals surface area (Å²) in [5, 5.41) is 0. The van der Waals surface area contributed by atoms with Gasteiger partial charge in [0.2, 0.25) is 0 Å². The van der Waals surface area contributed by atoms with Crippen LogP contribution in [-0.4, -0.2) is 9.55 Å². The molecule has 4 aromatic rings. The molecule has 1 heterocycles. The molecule has 0 fully saturated rings. The van der Waals surface area contributed by atoms with E-state index >= 15 is 0 Å². The van der Waals surface area contributed by atoms with Crippen molar-refractivity contribution in [1.29, 1.82) is 0 Å². The average molecular weight is 359 g/mol. The number of nitrogen functional groups attached to an aromatic ring is 1. The van der Waals surface area contributed by atoms with E-state index in [1.807, 2.05) is 78.3 Å². The summed E-state index contributed by atoms with van der Waals surface area (Å²) in [5.41, 5.74) is 9.53. The van der Waals surface area contributed by atoms with Crippen LogP contribution in [0.5, 0.6) is 17.2 Å². The quantitative estimate of drug-likeness (QED) is 0.518. The molecule has 27 heavy (non-hydrogen) atoms. The molecule has 0 aliphatic rings. The molecule has 0 spiro atoms. The fourth-order valence-corrected chi connectivity index (χ4v) is 2.87. The van der Waals surface area contributed by atoms with E-state index in [0.29, 0.717) is 12.3 Å². The zero-order valence-corrected chi connectivity index (χ0v) is 15.3. The summed E-state index contributed by atoms with van der Waals surface area (Å²) in [6.45, 7) is 2.46. The van der Waals surface area contributed by atoms with Gasteiger partial charge in [0, 0.05) is 18.8 Å². The summed E-state index contributed by atoms with van der Waals surface area (Å²) >= 11 is 0. The molecule has 0 aliphatic heterocycles. The smallest absolute Gasteiger partial charge is 0.147 e. The van der Waals surface area contributed by atoms with Crippen molar-refractivity contribution in [1.82, 2.24) is 9.55 Å². The van der Waals surface area contributed by atoms with Crippen molar-refractivity contribution in [3.63, 3.8) is 0 Å². The van der Waals surface area contributed by atoms with Crippen LogP contribution in [0.2, 0.25) is 0 Å². The van der Waals surface area contributed by atoms with Crippen LogP contribution in [0.3, 0.4) is 0 Å². The predicted molar refractivity (Wildman–Crippen MR) is 107 cm³/mol. The number of nitrogens with two attached hydrogens (primary N) is 1. The summed E-state index contributed by atoms with van der Waals surface area (Å²) in [7, 11) is 1.98. The molecular weight excluding hydrogens is 338 g/mol. The number of hydrogen-bond acceptors (Lipinski definition) is 4. The summed E-state index contributed by atoms with van der Waals surface area (Å²) in [5.74, 6) is 3.19. The molecule has 0 bridgehead atoms. The van der Waals surface area contributed by atoms with Crippen molar-refractivity contribution in [2.45, 2.75) is 13.5 Å². The van der Waals surface area contributed by atoms with Gasteiger partial charge in [-0.3, -0.25) is 0 Å². The van der Waals surface area contributed by atoms with Gasteiger partial charge in [-0.05, 0) is 55.5 Å². The molecule has 5 heteroatoms. The third-order valence-corrected chi connectivity index (χ3v) is 4.45. The van der Waals surface area contributed by atoms with Gasteiger partial charge in [-0.15, -0.1) is 0 Å². The third kappa shape index (κ3) is 3.72. The highest BCUT2D eigenvalue weighted by molar-refractivity contribution is 5.77. The van der Waals surface area contributed by atoms with Crippen LogP contribution in [0, 0.1) is 6.92 Å². The molecule has 2 N–H and O–H groups in total. The summed E-state index contributed by atoms with van der Waals surface area (Å²) in [6.07, 6.45) is 0. The lowest BCUT2D eigenvalue weighted by Crippen LogP contribution is -2.03. The minimum absolute atomic E-state index is 0.405. The Balaban J connectivity index is 1.54. The molecule has 0 saturated heterocycles. The van der Waals surface area contributed by atoms with E-state index in [9.17, 15) is 0 Å². The number of ether oxygens (including phenoxy) is 2. The number of hydrogen-bond donors (Lipinski definition) is 1. The van der Waals surface area contributed by atoms with E-state index in [4.69, 9.17) is 15.2 Å². The van der Waals surface area contributed by atoms with E-state index in [1.54, 1.807) is 0 Å². The van der Waals surface area contributed by atoms with E-state index in [-0.39, 0.29) is 0 Å². The van der Waals surface area contributed by atoms with Crippen LogP contribution in [0.15, 0.2) is 66.7 Å². The van der Waals surface area contributed by atoms with Crippen LogP contribution < -0.4 is 15.2 Å². The number of aryl methyl sites for hydroxylation is 2. The standard InChI is InChI=1S/C22H21N3O2/c1-15-3-7-17(8-4-15)26-14-22-24-20-12-11-19(13-21(20)25(22)2)27-18-9-5-16(23)6-10-18/h3-13H,14,23H2,1-2H3. The molecule has 0 saturated carbocycles. The first kappa shape index (κ1) is 17.0. The second-order valence-electron chi connectivity index (χ2n) is 6.51. The Kier molecular flexibility index (Phi) is 4.42. The number of rotatable bonds is 5. The van der Waals surface area contributed by atoms with Crippen LogP contribution in [0.25, 0.3) is 11.0 Å². The Morgan fingerprint density at radius 1 is 0.889 bits per heavy atom. The van der Waals surface area contributed by atoms with E-state index in [2.05, 4.69) is 11.9 Å². The predicted octanol–water partition coefficient (Wildman–Crippen LogP) is 4.84. The fraction of sp³-hybridized carbons (Fsp3) is 0.136. The Morgan fingerprint density at radius 3 is 2.30 bits per heavy atom. The Morgan fingerprint density at radius 2 is 1.56 bits per heavy atom. The van der Waals surface area contributed by atoms with E-state index in [1.165, 1.54) is 5.56 Å². The minimum atomic E-state index is 0.405. The first-order valence-electron chi connectivity index (χ1n) is 8.77. The van der Waals surface area contributed by atoms with Gasteiger partial charge in [0.15, 0.2) is 0 Å². The van der Waals surface area contributed by atoms with Crippen LogP contribution in [0.4, 0.5) is 5.69 Å². The molecule has 1 aromatic heterocycles. The van der Waals surface area contributed by atoms with Gasteiger partial charge in [-0.1, -0.05) is 17.7 Å². The van der Waals surface area contributed by atoms with Crippen molar-refractivity contribution < 1.29 is 9.47 Å². The lowest BCUT2D eigenvalue weighted by molar-refractivity contribution is 0.292. The van der Waals surface area contributed by atoms with Crippen LogP contribution in [0.1, 0.15) is 11.4 Å². The molecule has 5 nitrogen and oxygen atoms in total. The normalized spacial score (nSPS) is 10.9. The molecule has 0 aliphatic carbocycles. The van der Waals surface area contributed by atoms with Crippen molar-refractivity contribution >= 4 is 16.7 Å². The maximum atomic E-state index is 5.92. The zero-order chi connectivity index (χ0) is 18.8. The molecular formula is C22H21N3O2. The van der Waals surface area contributed by atoms with Crippen LogP contribution >= 0.6 is 0 Å². The highest BCUT2D eigenvalue weighted by Gasteiger charge is 2.10. The maximum Gasteiger partial charge on any atom is 0.147 e. The van der Waals surface area contributed by atoms with Gasteiger partial charge in [-0.2, -0.15) is 0 Å². The molecule has 3 aromatic carbocycles. The van der Waals surface area contributed by atoms with Crippen molar-refractivity contribution in [3.8, 4) is 17.2 Å². The minimum Gasteiger partial charge on any atom is -0.486 e. The van der Waals surface area contributed by atoms with Gasteiger partial charge >= 0.3 is 0 Å². The number of fused-ring (bicyclic) bond motifs is 1. The molecule has 0 atom stereocenters. The molecule has 0 radical (unpaired) electrons. The summed E-state index contributed by atoms with van der Waals surface area (Å²) < 4.78 is 13.8. The summed E-state index contributed by atoms with van der Waals surface area (Å²) in [6, 6.07) is 21.2. The molecule has 0 amide bonds. The monoisotopic (exact) mass is 359 g/mol. The first-order chi connectivity index (χ1) is 13.1. The van der Waals surface area contributed by atoms with E-state index < -0.39 is 0 Å². The lowest BCUT2D eigenvalue weighted by Gasteiger charge is -2.07. The van der Waals surface area contributed by atoms with Gasteiger partial charge in [0.25, 0.3) is 0 Å². The van der Waals surface area contributed by atoms with Crippen LogP contribution in [-0.2, 0) is 13.7 Å². The summed E-state index contributed by atoms with van der Waals surface area (Å²) in [4.78, 5) is 4.67. The van der Waals surface area contributed by atoms with Gasteiger partial charge in [0.05, 0.1) is 11.0 Å². The molecule has 0 unspecified atom stereocenters. The molecule has 136 valence electrons. The molecule has 4 rings (SSSR count). The van der Waals surface area contributed by atoms with Gasteiger partial charge in [0.1, 0.15) is 29.7 Å². The number of aromatic nitrogens is 2. The number of nitrogens with zero attached hydrogens (tertiary/aromatic N) is 2. The zero-order valence-electron chi connectivity index (χ0n) is 15.3. The highest BCUT2D eigenvalue weighted by atomic mass is 16.5. The Labute approximate surface area is 158 Å². The SMILES string of the molecule is Cc1ccc(OCc2nc3ccc(Oc4ccc(N)cc4)cc3n2C)cc1. The number of anilines is 1. The van der Waals surface area contributed by atoms with Gasteiger partial charge < -0.3 is 19.8 Å². The number of benzene rings is 3.